The molecule has 4 amide bonds. The van der Waals surface area contributed by atoms with Crippen LogP contribution in [0.1, 0.15) is 52.4 Å². The fourth-order valence-electron chi connectivity index (χ4n) is 4.40. The van der Waals surface area contributed by atoms with E-state index in [1.807, 2.05) is 13.8 Å². The first-order chi connectivity index (χ1) is 9.53. The molecule has 5 heteroatoms. The maximum absolute atomic E-state index is 12.8. The molecule has 1 saturated heterocycles. The highest BCUT2D eigenvalue weighted by Crippen LogP contribution is 2.48. The molecule has 0 aromatic carbocycles. The second-order valence-corrected chi connectivity index (χ2v) is 6.47. The van der Waals surface area contributed by atoms with Gasteiger partial charge in [-0.05, 0) is 43.9 Å². The summed E-state index contributed by atoms with van der Waals surface area (Å²) in [5.41, 5.74) is -1.05. The summed E-state index contributed by atoms with van der Waals surface area (Å²) in [6.45, 7) is 3.69. The van der Waals surface area contributed by atoms with Crippen molar-refractivity contribution in [1.82, 2.24) is 10.2 Å². The molecule has 0 spiro atoms. The fraction of sp³-hybridized carbons (Fsp3) is 0.800. The van der Waals surface area contributed by atoms with Crippen LogP contribution in [0.25, 0.3) is 0 Å². The second kappa shape index (κ2) is 4.57. The Bertz CT molecular complexity index is 470. The molecule has 0 aromatic heterocycles. The number of nitrogens with one attached hydrogen (secondary N) is 1. The van der Waals surface area contributed by atoms with E-state index >= 15 is 0 Å². The van der Waals surface area contributed by atoms with Crippen LogP contribution in [0.4, 0.5) is 4.79 Å². The molecule has 1 N–H and O–H groups in total. The molecular weight excluding hydrogens is 256 g/mol. The summed E-state index contributed by atoms with van der Waals surface area (Å²) in [4.78, 5) is 38.5. The predicted octanol–water partition coefficient (Wildman–Crippen LogP) is 2.06. The van der Waals surface area contributed by atoms with Crippen LogP contribution < -0.4 is 5.32 Å². The van der Waals surface area contributed by atoms with E-state index in [0.717, 1.165) is 19.3 Å². The van der Waals surface area contributed by atoms with Crippen molar-refractivity contribution >= 4 is 17.8 Å². The average molecular weight is 278 g/mol. The molecule has 1 heterocycles. The van der Waals surface area contributed by atoms with Crippen LogP contribution in [-0.4, -0.2) is 28.8 Å². The minimum Gasteiger partial charge on any atom is -0.277 e. The highest BCUT2D eigenvalue weighted by Gasteiger charge is 2.56. The minimum absolute atomic E-state index is 0.00632. The number of hydrogen-bond donors (Lipinski definition) is 1. The van der Waals surface area contributed by atoms with Gasteiger partial charge in [-0.3, -0.25) is 19.8 Å². The number of rotatable bonds is 3. The summed E-state index contributed by atoms with van der Waals surface area (Å²) in [7, 11) is 0. The lowest BCUT2D eigenvalue weighted by atomic mass is 9.77. The first-order valence-electron chi connectivity index (χ1n) is 7.72. The first kappa shape index (κ1) is 13.6. The summed E-state index contributed by atoms with van der Waals surface area (Å²) < 4.78 is 0. The van der Waals surface area contributed by atoms with E-state index in [9.17, 15) is 14.4 Å². The molecule has 3 unspecified atom stereocenters. The van der Waals surface area contributed by atoms with Crippen molar-refractivity contribution in [3.8, 4) is 0 Å². The Kier molecular flexibility index (Phi) is 3.10. The first-order valence-corrected chi connectivity index (χ1v) is 7.72. The number of amides is 4. The molecular formula is C15H22N2O3. The van der Waals surface area contributed by atoms with Gasteiger partial charge < -0.3 is 0 Å². The van der Waals surface area contributed by atoms with E-state index in [1.54, 1.807) is 0 Å². The zero-order chi connectivity index (χ0) is 14.5. The topological polar surface area (TPSA) is 66.5 Å². The van der Waals surface area contributed by atoms with E-state index in [4.69, 9.17) is 0 Å². The third-order valence-corrected chi connectivity index (χ3v) is 5.74. The summed E-state index contributed by atoms with van der Waals surface area (Å²) in [6.07, 6.45) is 5.25. The largest absolute Gasteiger partial charge is 0.331 e. The molecule has 3 atom stereocenters. The van der Waals surface area contributed by atoms with E-state index in [2.05, 4.69) is 5.32 Å². The summed E-state index contributed by atoms with van der Waals surface area (Å²) in [5, 5.41) is 2.42. The molecule has 3 fully saturated rings. The maximum Gasteiger partial charge on any atom is 0.331 e. The maximum atomic E-state index is 12.8. The number of fused-ring (bicyclic) bond motifs is 2. The Balaban J connectivity index is 1.92. The molecule has 2 aliphatic carbocycles. The number of barbiturate groups is 1. The van der Waals surface area contributed by atoms with Gasteiger partial charge in [0, 0.05) is 6.04 Å². The summed E-state index contributed by atoms with van der Waals surface area (Å²) in [6, 6.07) is -0.498. The van der Waals surface area contributed by atoms with Gasteiger partial charge >= 0.3 is 6.03 Å². The molecule has 110 valence electrons. The Morgan fingerprint density at radius 1 is 1.15 bits per heavy atom. The van der Waals surface area contributed by atoms with Crippen LogP contribution in [-0.2, 0) is 9.59 Å². The second-order valence-electron chi connectivity index (χ2n) is 6.47. The molecule has 3 aliphatic rings. The molecule has 2 bridgehead atoms. The van der Waals surface area contributed by atoms with Crippen molar-refractivity contribution in [2.75, 3.05) is 0 Å². The van der Waals surface area contributed by atoms with Crippen LogP contribution in [0.3, 0.4) is 0 Å². The zero-order valence-corrected chi connectivity index (χ0v) is 12.1. The molecule has 0 aromatic rings. The number of carbonyl (C=O) groups is 3. The van der Waals surface area contributed by atoms with Gasteiger partial charge in [0.1, 0.15) is 5.41 Å². The van der Waals surface area contributed by atoms with Gasteiger partial charge in [-0.2, -0.15) is 0 Å². The smallest absolute Gasteiger partial charge is 0.277 e. The summed E-state index contributed by atoms with van der Waals surface area (Å²) >= 11 is 0. The molecule has 0 radical (unpaired) electrons. The Hall–Kier alpha value is -1.39. The molecule has 5 nitrogen and oxygen atoms in total. The van der Waals surface area contributed by atoms with Crippen molar-refractivity contribution in [2.45, 2.75) is 58.4 Å². The predicted molar refractivity (Wildman–Crippen MR) is 72.6 cm³/mol. The van der Waals surface area contributed by atoms with Gasteiger partial charge in [0.15, 0.2) is 0 Å². The summed E-state index contributed by atoms with van der Waals surface area (Å²) in [5.74, 6) is 0.404. The molecule has 3 rings (SSSR count). The molecule has 2 saturated carbocycles. The highest BCUT2D eigenvalue weighted by molar-refractivity contribution is 6.19. The lowest BCUT2D eigenvalue weighted by Gasteiger charge is -2.42. The Morgan fingerprint density at radius 2 is 1.85 bits per heavy atom. The van der Waals surface area contributed by atoms with Crippen LogP contribution in [0.5, 0.6) is 0 Å². The highest BCUT2D eigenvalue weighted by atomic mass is 16.2. The molecule has 1 aliphatic heterocycles. The molecule has 20 heavy (non-hydrogen) atoms. The van der Waals surface area contributed by atoms with E-state index in [0.29, 0.717) is 24.7 Å². The number of carbonyl (C=O) groups excluding carboxylic acids is 3. The number of imide groups is 2. The van der Waals surface area contributed by atoms with Crippen molar-refractivity contribution in [2.24, 2.45) is 17.3 Å². The average Bonchev–Trinajstić information content (AvgIpc) is 3.02. The van der Waals surface area contributed by atoms with Gasteiger partial charge in [-0.25, -0.2) is 4.79 Å². The van der Waals surface area contributed by atoms with E-state index in [1.165, 1.54) is 11.3 Å². The van der Waals surface area contributed by atoms with Crippen molar-refractivity contribution < 1.29 is 14.4 Å². The normalized spacial score (nSPS) is 35.6. The standard InChI is InChI=1S/C15H22N2O3/c1-3-15(4-2)12(18)16-14(20)17(13(15)19)11-8-9-5-6-10(11)7-9/h9-11H,3-8H2,1-2H3,(H,16,18,20). The SMILES string of the molecule is CCC1(CC)C(=O)NC(=O)N(C2CC3CCC2C3)C1=O. The minimum atomic E-state index is -1.05. The quantitative estimate of drug-likeness (QED) is 0.804. The number of hydrogen-bond acceptors (Lipinski definition) is 3. The van der Waals surface area contributed by atoms with Crippen LogP contribution >= 0.6 is 0 Å². The van der Waals surface area contributed by atoms with Crippen LogP contribution in [0.2, 0.25) is 0 Å². The fourth-order valence-corrected chi connectivity index (χ4v) is 4.40. The van der Waals surface area contributed by atoms with Gasteiger partial charge in [-0.15, -0.1) is 0 Å². The zero-order valence-electron chi connectivity index (χ0n) is 12.1. The van der Waals surface area contributed by atoms with Crippen molar-refractivity contribution in [3.63, 3.8) is 0 Å². The lowest BCUT2D eigenvalue weighted by molar-refractivity contribution is -0.154. The monoisotopic (exact) mass is 278 g/mol. The van der Waals surface area contributed by atoms with Gasteiger partial charge in [0.2, 0.25) is 11.8 Å². The third-order valence-electron chi connectivity index (χ3n) is 5.74. The van der Waals surface area contributed by atoms with Gasteiger partial charge in [0.05, 0.1) is 0 Å². The third kappa shape index (κ3) is 1.64. The van der Waals surface area contributed by atoms with E-state index in [-0.39, 0.29) is 11.9 Å². The number of nitrogens with zero attached hydrogens (tertiary/aromatic N) is 1. The van der Waals surface area contributed by atoms with Gasteiger partial charge in [-0.1, -0.05) is 20.3 Å². The van der Waals surface area contributed by atoms with Crippen LogP contribution in [0, 0.1) is 17.3 Å². The van der Waals surface area contributed by atoms with Crippen LogP contribution in [0.15, 0.2) is 0 Å². The number of urea groups is 1. The van der Waals surface area contributed by atoms with E-state index < -0.39 is 17.4 Å². The van der Waals surface area contributed by atoms with Gasteiger partial charge in [0.25, 0.3) is 0 Å². The Morgan fingerprint density at radius 3 is 2.35 bits per heavy atom. The van der Waals surface area contributed by atoms with Crippen molar-refractivity contribution in [3.05, 3.63) is 0 Å². The Labute approximate surface area is 119 Å². The lowest BCUT2D eigenvalue weighted by Crippen LogP contribution is -2.66. The van der Waals surface area contributed by atoms with Crippen molar-refractivity contribution in [1.29, 1.82) is 0 Å².